The quantitative estimate of drug-likeness (QED) is 0.411. The fourth-order valence-corrected chi connectivity index (χ4v) is 3.33. The van der Waals surface area contributed by atoms with Gasteiger partial charge in [0.15, 0.2) is 0 Å². The molecule has 1 saturated heterocycles. The molecule has 0 saturated carbocycles. The van der Waals surface area contributed by atoms with Crippen LogP contribution in [0.1, 0.15) is 97.3 Å². The molecule has 1 fully saturated rings. The Bertz CT molecular complexity index is 190. The average Bonchev–Trinajstić information content (AvgIpc) is 2.44. The normalized spacial score (nSPS) is 23.7. The fraction of sp³-hybridized carbons (Fsp3) is 1.00. The summed E-state index contributed by atoms with van der Waals surface area (Å²) >= 11 is 0. The van der Waals surface area contributed by atoms with E-state index in [4.69, 9.17) is 4.74 Å². The lowest BCUT2D eigenvalue weighted by Crippen LogP contribution is -2.29. The van der Waals surface area contributed by atoms with Crippen LogP contribution in [-0.2, 0) is 4.74 Å². The molecule has 19 heavy (non-hydrogen) atoms. The maximum Gasteiger partial charge on any atom is 0.0603 e. The van der Waals surface area contributed by atoms with Gasteiger partial charge in [0.1, 0.15) is 0 Å². The number of hydrogen-bond acceptors (Lipinski definition) is 1. The molecule has 0 radical (unpaired) electrons. The van der Waals surface area contributed by atoms with Crippen LogP contribution in [0.25, 0.3) is 0 Å². The molecule has 1 aliphatic heterocycles. The van der Waals surface area contributed by atoms with Crippen LogP contribution >= 0.6 is 0 Å². The Morgan fingerprint density at radius 2 is 1.42 bits per heavy atom. The van der Waals surface area contributed by atoms with Gasteiger partial charge in [0.2, 0.25) is 0 Å². The molecule has 1 heterocycles. The van der Waals surface area contributed by atoms with Crippen molar-refractivity contribution in [2.75, 3.05) is 6.61 Å². The third-order valence-electron chi connectivity index (χ3n) is 4.60. The molecule has 1 aliphatic rings. The van der Waals surface area contributed by atoms with E-state index in [0.717, 1.165) is 12.5 Å². The monoisotopic (exact) mass is 268 g/mol. The minimum Gasteiger partial charge on any atom is -0.378 e. The highest BCUT2D eigenvalue weighted by Gasteiger charge is 2.24. The van der Waals surface area contributed by atoms with Crippen LogP contribution in [0.2, 0.25) is 0 Å². The van der Waals surface area contributed by atoms with Crippen molar-refractivity contribution >= 4 is 0 Å². The molecule has 0 aromatic rings. The van der Waals surface area contributed by atoms with Gasteiger partial charge in [-0.2, -0.15) is 0 Å². The van der Waals surface area contributed by atoms with Gasteiger partial charge in [-0.3, -0.25) is 0 Å². The Kier molecular flexibility index (Phi) is 10.5. The van der Waals surface area contributed by atoms with Crippen LogP contribution in [0.15, 0.2) is 0 Å². The first kappa shape index (κ1) is 17.0. The van der Waals surface area contributed by atoms with Crippen LogP contribution in [0.4, 0.5) is 0 Å². The Morgan fingerprint density at radius 3 is 2.21 bits per heavy atom. The van der Waals surface area contributed by atoms with Crippen molar-refractivity contribution in [3.63, 3.8) is 0 Å². The highest BCUT2D eigenvalue weighted by Crippen LogP contribution is 2.29. The maximum absolute atomic E-state index is 6.05. The zero-order chi connectivity index (χ0) is 13.8. The van der Waals surface area contributed by atoms with Crippen molar-refractivity contribution in [3.05, 3.63) is 0 Å². The Morgan fingerprint density at radius 1 is 0.789 bits per heavy atom. The second-order valence-corrected chi connectivity index (χ2v) is 6.36. The zero-order valence-corrected chi connectivity index (χ0v) is 13.5. The summed E-state index contributed by atoms with van der Waals surface area (Å²) < 4.78 is 6.05. The molecular weight excluding hydrogens is 232 g/mol. The molecule has 114 valence electrons. The van der Waals surface area contributed by atoms with E-state index in [2.05, 4.69) is 13.8 Å². The van der Waals surface area contributed by atoms with E-state index in [0.29, 0.717) is 6.10 Å². The van der Waals surface area contributed by atoms with Crippen LogP contribution < -0.4 is 0 Å². The lowest BCUT2D eigenvalue weighted by molar-refractivity contribution is -0.0352. The van der Waals surface area contributed by atoms with Gasteiger partial charge in [-0.25, -0.2) is 0 Å². The molecule has 0 aromatic carbocycles. The fourth-order valence-electron chi connectivity index (χ4n) is 3.33. The van der Waals surface area contributed by atoms with Crippen molar-refractivity contribution < 1.29 is 4.74 Å². The van der Waals surface area contributed by atoms with Gasteiger partial charge >= 0.3 is 0 Å². The van der Waals surface area contributed by atoms with Gasteiger partial charge in [0.25, 0.3) is 0 Å². The number of hydrogen-bond donors (Lipinski definition) is 0. The smallest absolute Gasteiger partial charge is 0.0603 e. The summed E-state index contributed by atoms with van der Waals surface area (Å²) in [6, 6.07) is 0. The van der Waals surface area contributed by atoms with Gasteiger partial charge in [0.05, 0.1) is 6.10 Å². The molecule has 1 nitrogen and oxygen atoms in total. The zero-order valence-electron chi connectivity index (χ0n) is 13.5. The standard InChI is InChI=1S/C18H36O/c1-3-5-7-8-9-11-15-18-17(13-10-6-4-2)14-12-16-19-18/h17-18H,3-16H2,1-2H3/t17-,18+/m0/s1. The maximum atomic E-state index is 6.05. The van der Waals surface area contributed by atoms with E-state index in [9.17, 15) is 0 Å². The largest absolute Gasteiger partial charge is 0.378 e. The van der Waals surface area contributed by atoms with Crippen molar-refractivity contribution in [3.8, 4) is 0 Å². The Hall–Kier alpha value is -0.0400. The Labute approximate surface area is 121 Å². The van der Waals surface area contributed by atoms with Gasteiger partial charge in [-0.15, -0.1) is 0 Å². The lowest BCUT2D eigenvalue weighted by atomic mass is 9.86. The summed E-state index contributed by atoms with van der Waals surface area (Å²) in [5.74, 6) is 0.871. The number of unbranched alkanes of at least 4 members (excludes halogenated alkanes) is 7. The van der Waals surface area contributed by atoms with Crippen molar-refractivity contribution in [1.29, 1.82) is 0 Å². The van der Waals surface area contributed by atoms with E-state index >= 15 is 0 Å². The van der Waals surface area contributed by atoms with Gasteiger partial charge in [-0.05, 0) is 31.6 Å². The summed E-state index contributed by atoms with van der Waals surface area (Å²) in [4.78, 5) is 0. The average molecular weight is 268 g/mol. The minimum absolute atomic E-state index is 0.594. The highest BCUT2D eigenvalue weighted by atomic mass is 16.5. The van der Waals surface area contributed by atoms with Gasteiger partial charge in [0, 0.05) is 6.61 Å². The SMILES string of the molecule is CCCCCCCC[C@H]1OCCC[C@@H]1CCCCC. The third kappa shape index (κ3) is 7.97. The first-order valence-corrected chi connectivity index (χ1v) is 9.00. The van der Waals surface area contributed by atoms with Crippen molar-refractivity contribution in [2.45, 2.75) is 103 Å². The molecule has 0 aromatic heterocycles. The molecule has 0 aliphatic carbocycles. The van der Waals surface area contributed by atoms with Gasteiger partial charge in [-0.1, -0.05) is 71.6 Å². The summed E-state index contributed by atoms with van der Waals surface area (Å²) in [7, 11) is 0. The van der Waals surface area contributed by atoms with Crippen molar-refractivity contribution in [2.24, 2.45) is 5.92 Å². The topological polar surface area (TPSA) is 9.23 Å². The van der Waals surface area contributed by atoms with Crippen LogP contribution in [0.5, 0.6) is 0 Å². The summed E-state index contributed by atoms with van der Waals surface area (Å²) in [5, 5.41) is 0. The highest BCUT2D eigenvalue weighted by molar-refractivity contribution is 4.74. The molecule has 0 amide bonds. The van der Waals surface area contributed by atoms with E-state index in [1.54, 1.807) is 0 Å². The van der Waals surface area contributed by atoms with Crippen LogP contribution in [0, 0.1) is 5.92 Å². The van der Waals surface area contributed by atoms with E-state index in [-0.39, 0.29) is 0 Å². The molecule has 0 unspecified atom stereocenters. The predicted octanol–water partition coefficient (Wildman–Crippen LogP) is 6.11. The van der Waals surface area contributed by atoms with E-state index in [1.807, 2.05) is 0 Å². The minimum atomic E-state index is 0.594. The molecular formula is C18H36O. The first-order valence-electron chi connectivity index (χ1n) is 9.00. The second kappa shape index (κ2) is 11.8. The first-order chi connectivity index (χ1) is 9.38. The number of ether oxygens (including phenoxy) is 1. The van der Waals surface area contributed by atoms with Crippen molar-refractivity contribution in [1.82, 2.24) is 0 Å². The third-order valence-corrected chi connectivity index (χ3v) is 4.60. The summed E-state index contributed by atoms with van der Waals surface area (Å²) in [6.07, 6.45) is 18.6. The molecule has 2 atom stereocenters. The number of rotatable bonds is 11. The Balaban J connectivity index is 2.09. The van der Waals surface area contributed by atoms with Crippen LogP contribution in [0.3, 0.4) is 0 Å². The summed E-state index contributed by atoms with van der Waals surface area (Å²) in [6.45, 7) is 5.60. The lowest BCUT2D eigenvalue weighted by Gasteiger charge is -2.32. The molecule has 1 rings (SSSR count). The summed E-state index contributed by atoms with van der Waals surface area (Å²) in [5.41, 5.74) is 0. The van der Waals surface area contributed by atoms with Gasteiger partial charge < -0.3 is 4.74 Å². The van der Waals surface area contributed by atoms with E-state index in [1.165, 1.54) is 83.5 Å². The predicted molar refractivity (Wildman–Crippen MR) is 84.6 cm³/mol. The van der Waals surface area contributed by atoms with Crippen LogP contribution in [-0.4, -0.2) is 12.7 Å². The second-order valence-electron chi connectivity index (χ2n) is 6.36. The molecule has 0 bridgehead atoms. The molecule has 0 N–H and O–H groups in total. The van der Waals surface area contributed by atoms with E-state index < -0.39 is 0 Å². The molecule has 1 heteroatoms. The molecule has 0 spiro atoms.